The second-order valence-electron chi connectivity index (χ2n) is 2.99. The summed E-state index contributed by atoms with van der Waals surface area (Å²) < 4.78 is 0. The average Bonchev–Trinajstić information content (AvgIpc) is 2.26. The number of terminal acetylenes is 1. The minimum Gasteiger partial charge on any atom is -0.312 e. The maximum Gasteiger partial charge on any atom is 0.0439 e. The van der Waals surface area contributed by atoms with Crippen LogP contribution in [0.4, 0.5) is 0 Å². The smallest absolute Gasteiger partial charge is 0.0439 e. The van der Waals surface area contributed by atoms with Gasteiger partial charge in [0.05, 0.1) is 0 Å². The SMILES string of the molecule is C#CCC(NC)c1ccccc1SC. The summed E-state index contributed by atoms with van der Waals surface area (Å²) in [6.45, 7) is 0. The maximum atomic E-state index is 5.34. The molecule has 1 unspecified atom stereocenters. The first-order valence-electron chi connectivity index (χ1n) is 4.57. The Labute approximate surface area is 90.3 Å². The van der Waals surface area contributed by atoms with E-state index < -0.39 is 0 Å². The van der Waals surface area contributed by atoms with Gasteiger partial charge in [0.1, 0.15) is 0 Å². The van der Waals surface area contributed by atoms with Crippen LogP contribution < -0.4 is 5.32 Å². The molecule has 1 N–H and O–H groups in total. The molecule has 0 saturated carbocycles. The molecule has 0 radical (unpaired) electrons. The lowest BCUT2D eigenvalue weighted by molar-refractivity contribution is 0.602. The van der Waals surface area contributed by atoms with Gasteiger partial charge in [-0.15, -0.1) is 24.1 Å². The fourth-order valence-electron chi connectivity index (χ4n) is 1.44. The van der Waals surface area contributed by atoms with Crippen molar-refractivity contribution in [1.29, 1.82) is 0 Å². The molecule has 0 fully saturated rings. The fourth-order valence-corrected chi connectivity index (χ4v) is 2.10. The first kappa shape index (κ1) is 11.2. The van der Waals surface area contributed by atoms with Crippen LogP contribution in [0.3, 0.4) is 0 Å². The molecule has 0 aliphatic heterocycles. The number of hydrogen-bond acceptors (Lipinski definition) is 2. The molecule has 14 heavy (non-hydrogen) atoms. The molecule has 2 heteroatoms. The van der Waals surface area contributed by atoms with Crippen molar-refractivity contribution in [3.8, 4) is 12.3 Å². The molecule has 0 amide bonds. The first-order chi connectivity index (χ1) is 6.83. The molecule has 0 bridgehead atoms. The van der Waals surface area contributed by atoms with E-state index in [1.54, 1.807) is 11.8 Å². The van der Waals surface area contributed by atoms with E-state index in [9.17, 15) is 0 Å². The molecular formula is C12H15NS. The zero-order valence-corrected chi connectivity index (χ0v) is 9.40. The topological polar surface area (TPSA) is 12.0 Å². The van der Waals surface area contributed by atoms with Crippen LogP contribution in [-0.4, -0.2) is 13.3 Å². The third kappa shape index (κ3) is 2.54. The van der Waals surface area contributed by atoms with Gasteiger partial charge in [-0.1, -0.05) is 18.2 Å². The zero-order chi connectivity index (χ0) is 10.4. The van der Waals surface area contributed by atoms with Gasteiger partial charge >= 0.3 is 0 Å². The summed E-state index contributed by atoms with van der Waals surface area (Å²) in [6, 6.07) is 8.63. The maximum absolute atomic E-state index is 5.34. The van der Waals surface area contributed by atoms with E-state index in [4.69, 9.17) is 6.42 Å². The van der Waals surface area contributed by atoms with Gasteiger partial charge in [0.25, 0.3) is 0 Å². The van der Waals surface area contributed by atoms with Crippen LogP contribution >= 0.6 is 11.8 Å². The summed E-state index contributed by atoms with van der Waals surface area (Å²) in [7, 11) is 1.94. The molecular weight excluding hydrogens is 190 g/mol. The third-order valence-electron chi connectivity index (χ3n) is 2.18. The van der Waals surface area contributed by atoms with Crippen LogP contribution in [-0.2, 0) is 0 Å². The Hall–Kier alpha value is -0.910. The monoisotopic (exact) mass is 205 g/mol. The van der Waals surface area contributed by atoms with E-state index >= 15 is 0 Å². The average molecular weight is 205 g/mol. The van der Waals surface area contributed by atoms with Crippen LogP contribution in [0, 0.1) is 12.3 Å². The van der Waals surface area contributed by atoms with Gasteiger partial charge in [-0.3, -0.25) is 0 Å². The normalized spacial score (nSPS) is 12.1. The predicted octanol–water partition coefficient (Wildman–Crippen LogP) is 2.69. The van der Waals surface area contributed by atoms with E-state index in [-0.39, 0.29) is 6.04 Å². The first-order valence-corrected chi connectivity index (χ1v) is 5.79. The summed E-state index contributed by atoms with van der Waals surface area (Å²) >= 11 is 1.76. The lowest BCUT2D eigenvalue weighted by atomic mass is 10.0. The highest BCUT2D eigenvalue weighted by Crippen LogP contribution is 2.26. The molecule has 74 valence electrons. The predicted molar refractivity (Wildman–Crippen MR) is 63.5 cm³/mol. The van der Waals surface area contributed by atoms with E-state index in [2.05, 4.69) is 41.8 Å². The number of rotatable bonds is 4. The summed E-state index contributed by atoms with van der Waals surface area (Å²) in [5.41, 5.74) is 1.29. The number of thioether (sulfide) groups is 1. The molecule has 0 saturated heterocycles. The standard InChI is InChI=1S/C12H15NS/c1-4-7-11(13-2)10-8-5-6-9-12(10)14-3/h1,5-6,8-9,11,13H,7H2,2-3H3. The highest BCUT2D eigenvalue weighted by Gasteiger charge is 2.10. The van der Waals surface area contributed by atoms with Gasteiger partial charge in [0.15, 0.2) is 0 Å². The Morgan fingerprint density at radius 2 is 2.21 bits per heavy atom. The van der Waals surface area contributed by atoms with E-state index in [0.717, 1.165) is 6.42 Å². The number of nitrogens with one attached hydrogen (secondary N) is 1. The fraction of sp³-hybridized carbons (Fsp3) is 0.333. The molecule has 1 nitrogen and oxygen atoms in total. The quantitative estimate of drug-likeness (QED) is 0.599. The van der Waals surface area contributed by atoms with Crippen molar-refractivity contribution in [2.24, 2.45) is 0 Å². The number of hydrogen-bond donors (Lipinski definition) is 1. The van der Waals surface area contributed by atoms with Gasteiger partial charge in [-0.2, -0.15) is 0 Å². The van der Waals surface area contributed by atoms with Crippen molar-refractivity contribution in [2.45, 2.75) is 17.4 Å². The van der Waals surface area contributed by atoms with Crippen molar-refractivity contribution in [3.63, 3.8) is 0 Å². The Morgan fingerprint density at radius 3 is 2.79 bits per heavy atom. The molecule has 0 aromatic heterocycles. The van der Waals surface area contributed by atoms with Crippen molar-refractivity contribution >= 4 is 11.8 Å². The van der Waals surface area contributed by atoms with E-state index in [1.165, 1.54) is 10.5 Å². The number of benzene rings is 1. The molecule has 1 rings (SSSR count). The lowest BCUT2D eigenvalue weighted by Crippen LogP contribution is -2.16. The van der Waals surface area contributed by atoms with E-state index in [0.29, 0.717) is 0 Å². The highest BCUT2D eigenvalue weighted by molar-refractivity contribution is 7.98. The molecule has 1 aromatic rings. The second-order valence-corrected chi connectivity index (χ2v) is 3.84. The Morgan fingerprint density at radius 1 is 1.50 bits per heavy atom. The van der Waals surface area contributed by atoms with Crippen LogP contribution in [0.25, 0.3) is 0 Å². The summed E-state index contributed by atoms with van der Waals surface area (Å²) in [5, 5.41) is 3.24. The van der Waals surface area contributed by atoms with Crippen molar-refractivity contribution in [3.05, 3.63) is 29.8 Å². The van der Waals surface area contributed by atoms with Crippen LogP contribution in [0.1, 0.15) is 18.0 Å². The third-order valence-corrected chi connectivity index (χ3v) is 3.00. The largest absolute Gasteiger partial charge is 0.312 e. The van der Waals surface area contributed by atoms with Gasteiger partial charge in [0, 0.05) is 17.4 Å². The highest BCUT2D eigenvalue weighted by atomic mass is 32.2. The Balaban J connectivity index is 2.97. The van der Waals surface area contributed by atoms with E-state index in [1.807, 2.05) is 7.05 Å². The van der Waals surface area contributed by atoms with Crippen LogP contribution in [0.5, 0.6) is 0 Å². The molecule has 0 aliphatic rings. The molecule has 0 aliphatic carbocycles. The minimum atomic E-state index is 0.267. The summed E-state index contributed by atoms with van der Waals surface area (Å²) in [5.74, 6) is 2.70. The molecule has 0 spiro atoms. The van der Waals surface area contributed by atoms with Gasteiger partial charge in [-0.25, -0.2) is 0 Å². The van der Waals surface area contributed by atoms with Crippen molar-refractivity contribution in [2.75, 3.05) is 13.3 Å². The van der Waals surface area contributed by atoms with Crippen molar-refractivity contribution < 1.29 is 0 Å². The van der Waals surface area contributed by atoms with Crippen LogP contribution in [0.15, 0.2) is 29.2 Å². The Kier molecular flexibility index (Phi) is 4.58. The summed E-state index contributed by atoms with van der Waals surface area (Å²) in [6.07, 6.45) is 8.15. The summed E-state index contributed by atoms with van der Waals surface area (Å²) in [4.78, 5) is 1.29. The van der Waals surface area contributed by atoms with Gasteiger partial charge in [-0.05, 0) is 24.9 Å². The lowest BCUT2D eigenvalue weighted by Gasteiger charge is -2.16. The van der Waals surface area contributed by atoms with Crippen molar-refractivity contribution in [1.82, 2.24) is 5.32 Å². The van der Waals surface area contributed by atoms with Crippen LogP contribution in [0.2, 0.25) is 0 Å². The van der Waals surface area contributed by atoms with Gasteiger partial charge in [0.2, 0.25) is 0 Å². The Bertz CT molecular complexity index is 327. The molecule has 1 aromatic carbocycles. The minimum absolute atomic E-state index is 0.267. The zero-order valence-electron chi connectivity index (χ0n) is 8.58. The molecule has 1 atom stereocenters. The second kappa shape index (κ2) is 5.74. The molecule has 0 heterocycles. The van der Waals surface area contributed by atoms with Gasteiger partial charge < -0.3 is 5.32 Å².